The number of methoxy groups -OCH3 is 2. The van der Waals surface area contributed by atoms with Crippen LogP contribution >= 0.6 is 0 Å². The molecule has 0 heterocycles. The minimum Gasteiger partial charge on any atom is -0.493 e. The molecule has 0 aliphatic carbocycles. The Hall–Kier alpha value is -2.74. The van der Waals surface area contributed by atoms with Gasteiger partial charge in [-0.2, -0.15) is 0 Å². The predicted octanol–water partition coefficient (Wildman–Crippen LogP) is 2.35. The van der Waals surface area contributed by atoms with Crippen LogP contribution in [0.3, 0.4) is 0 Å². The molecule has 1 unspecified atom stereocenters. The Morgan fingerprint density at radius 1 is 1.07 bits per heavy atom. The molecule has 27 heavy (non-hydrogen) atoms. The van der Waals surface area contributed by atoms with Crippen LogP contribution in [0.25, 0.3) is 0 Å². The lowest BCUT2D eigenvalue weighted by molar-refractivity contribution is -0.120. The van der Waals surface area contributed by atoms with E-state index in [1.54, 1.807) is 12.1 Å². The molecule has 2 rings (SSSR count). The van der Waals surface area contributed by atoms with Crippen molar-refractivity contribution in [3.63, 3.8) is 0 Å². The molecule has 0 radical (unpaired) electrons. The van der Waals surface area contributed by atoms with Gasteiger partial charge in [-0.25, -0.2) is 8.42 Å². The largest absolute Gasteiger partial charge is 0.493 e. The Kier molecular flexibility index (Phi) is 6.68. The lowest BCUT2D eigenvalue weighted by Crippen LogP contribution is -2.41. The average Bonchev–Trinajstić information content (AvgIpc) is 2.65. The number of nitrogens with one attached hydrogen (secondary N) is 1. The lowest BCUT2D eigenvalue weighted by Gasteiger charge is -2.24. The quantitative estimate of drug-likeness (QED) is 0.745. The van der Waals surface area contributed by atoms with Crippen LogP contribution in [-0.2, 0) is 14.8 Å². The van der Waals surface area contributed by atoms with Gasteiger partial charge in [-0.3, -0.25) is 9.10 Å². The first kappa shape index (κ1) is 20.6. The van der Waals surface area contributed by atoms with Gasteiger partial charge in [0.25, 0.3) is 0 Å². The standard InChI is InChI=1S/C19H24N2O5S/c1-14(15-8-6-5-7-9-15)20-19(22)13-21(27(4,23)24)16-10-11-17(25-2)18(12-16)26-3/h5-12,14H,13H2,1-4H3,(H,20,22). The zero-order valence-electron chi connectivity index (χ0n) is 15.8. The van der Waals surface area contributed by atoms with E-state index >= 15 is 0 Å². The topological polar surface area (TPSA) is 84.9 Å². The van der Waals surface area contributed by atoms with E-state index in [-0.39, 0.29) is 12.6 Å². The molecular weight excluding hydrogens is 368 g/mol. The molecule has 0 aromatic heterocycles. The average molecular weight is 392 g/mol. The maximum Gasteiger partial charge on any atom is 0.241 e. The van der Waals surface area contributed by atoms with Crippen molar-refractivity contribution in [2.24, 2.45) is 0 Å². The van der Waals surface area contributed by atoms with Gasteiger partial charge < -0.3 is 14.8 Å². The Labute approximate surface area is 160 Å². The Morgan fingerprint density at radius 3 is 2.26 bits per heavy atom. The molecule has 0 spiro atoms. The number of carbonyl (C=O) groups is 1. The number of rotatable bonds is 8. The number of benzene rings is 2. The van der Waals surface area contributed by atoms with E-state index in [9.17, 15) is 13.2 Å². The van der Waals surface area contributed by atoms with Crippen LogP contribution in [-0.4, -0.2) is 41.3 Å². The first-order valence-corrected chi connectivity index (χ1v) is 10.1. The highest BCUT2D eigenvalue weighted by molar-refractivity contribution is 7.92. The van der Waals surface area contributed by atoms with Crippen LogP contribution in [0, 0.1) is 0 Å². The fourth-order valence-electron chi connectivity index (χ4n) is 2.62. The van der Waals surface area contributed by atoms with Crippen LogP contribution in [0.1, 0.15) is 18.5 Å². The number of ether oxygens (including phenoxy) is 2. The van der Waals surface area contributed by atoms with Gasteiger partial charge in [0.1, 0.15) is 6.54 Å². The molecule has 2 aromatic carbocycles. The van der Waals surface area contributed by atoms with Gasteiger partial charge in [0.2, 0.25) is 15.9 Å². The third-order valence-corrected chi connectivity index (χ3v) is 5.16. The van der Waals surface area contributed by atoms with Crippen molar-refractivity contribution in [2.75, 3.05) is 31.3 Å². The second-order valence-corrected chi connectivity index (χ2v) is 7.92. The highest BCUT2D eigenvalue weighted by Crippen LogP contribution is 2.32. The normalized spacial score (nSPS) is 12.1. The van der Waals surface area contributed by atoms with Crippen molar-refractivity contribution in [1.29, 1.82) is 0 Å². The maximum atomic E-state index is 12.5. The van der Waals surface area contributed by atoms with Gasteiger partial charge in [-0.15, -0.1) is 0 Å². The highest BCUT2D eigenvalue weighted by Gasteiger charge is 2.23. The third kappa shape index (κ3) is 5.37. The zero-order valence-corrected chi connectivity index (χ0v) is 16.6. The van der Waals surface area contributed by atoms with Gasteiger partial charge in [0.05, 0.1) is 32.2 Å². The number of sulfonamides is 1. The minimum absolute atomic E-state index is 0.245. The van der Waals surface area contributed by atoms with Crippen LogP contribution in [0.4, 0.5) is 5.69 Å². The zero-order chi connectivity index (χ0) is 20.0. The third-order valence-electron chi connectivity index (χ3n) is 4.02. The number of amides is 1. The van der Waals surface area contributed by atoms with Crippen molar-refractivity contribution in [2.45, 2.75) is 13.0 Å². The first-order chi connectivity index (χ1) is 12.8. The Balaban J connectivity index is 2.21. The molecule has 8 heteroatoms. The van der Waals surface area contributed by atoms with Gasteiger partial charge in [0, 0.05) is 6.07 Å². The second kappa shape index (κ2) is 8.77. The summed E-state index contributed by atoms with van der Waals surface area (Å²) in [6, 6.07) is 13.9. The van der Waals surface area contributed by atoms with Crippen molar-refractivity contribution in [1.82, 2.24) is 5.32 Å². The number of carbonyl (C=O) groups excluding carboxylic acids is 1. The van der Waals surface area contributed by atoms with Crippen LogP contribution in [0.2, 0.25) is 0 Å². The van der Waals surface area contributed by atoms with E-state index in [0.717, 1.165) is 16.1 Å². The smallest absolute Gasteiger partial charge is 0.241 e. The van der Waals surface area contributed by atoms with Gasteiger partial charge in [-0.1, -0.05) is 30.3 Å². The van der Waals surface area contributed by atoms with E-state index in [1.165, 1.54) is 20.3 Å². The summed E-state index contributed by atoms with van der Waals surface area (Å²) in [6.45, 7) is 1.50. The van der Waals surface area contributed by atoms with Crippen molar-refractivity contribution >= 4 is 21.6 Å². The molecule has 0 bridgehead atoms. The molecule has 0 saturated heterocycles. The monoisotopic (exact) mass is 392 g/mol. The summed E-state index contributed by atoms with van der Waals surface area (Å²) in [7, 11) is -0.733. The van der Waals surface area contributed by atoms with E-state index in [4.69, 9.17) is 9.47 Å². The van der Waals surface area contributed by atoms with Gasteiger partial charge >= 0.3 is 0 Å². The number of anilines is 1. The van der Waals surface area contributed by atoms with Crippen LogP contribution < -0.4 is 19.1 Å². The molecule has 1 amide bonds. The number of hydrogen-bond donors (Lipinski definition) is 1. The SMILES string of the molecule is COc1ccc(N(CC(=O)NC(C)c2ccccc2)S(C)(=O)=O)cc1OC. The summed E-state index contributed by atoms with van der Waals surface area (Å²) in [4.78, 5) is 12.5. The molecule has 0 saturated carbocycles. The van der Waals surface area contributed by atoms with Crippen LogP contribution in [0.5, 0.6) is 11.5 Å². The lowest BCUT2D eigenvalue weighted by atomic mass is 10.1. The van der Waals surface area contributed by atoms with Crippen molar-refractivity contribution in [3.8, 4) is 11.5 Å². The molecule has 146 valence electrons. The summed E-state index contributed by atoms with van der Waals surface area (Å²) in [5.74, 6) is 0.435. The summed E-state index contributed by atoms with van der Waals surface area (Å²) in [5.41, 5.74) is 1.25. The summed E-state index contributed by atoms with van der Waals surface area (Å²) in [5, 5.41) is 2.82. The van der Waals surface area contributed by atoms with E-state index < -0.39 is 15.9 Å². The second-order valence-electron chi connectivity index (χ2n) is 6.01. The molecule has 0 aliphatic heterocycles. The summed E-state index contributed by atoms with van der Waals surface area (Å²) < 4.78 is 35.9. The summed E-state index contributed by atoms with van der Waals surface area (Å²) in [6.07, 6.45) is 1.05. The fourth-order valence-corrected chi connectivity index (χ4v) is 3.47. The molecular formula is C19H24N2O5S. The molecule has 1 atom stereocenters. The maximum absolute atomic E-state index is 12.5. The molecule has 0 aliphatic rings. The number of hydrogen-bond acceptors (Lipinski definition) is 5. The molecule has 7 nitrogen and oxygen atoms in total. The molecule has 1 N–H and O–H groups in total. The molecule has 2 aromatic rings. The van der Waals surface area contributed by atoms with E-state index in [2.05, 4.69) is 5.32 Å². The first-order valence-electron chi connectivity index (χ1n) is 8.30. The van der Waals surface area contributed by atoms with E-state index in [0.29, 0.717) is 17.2 Å². The number of nitrogens with zero attached hydrogens (tertiary/aromatic N) is 1. The van der Waals surface area contributed by atoms with Gasteiger partial charge in [0.15, 0.2) is 11.5 Å². The Bertz CT molecular complexity index is 884. The minimum atomic E-state index is -3.68. The van der Waals surface area contributed by atoms with Crippen molar-refractivity contribution in [3.05, 3.63) is 54.1 Å². The van der Waals surface area contributed by atoms with E-state index in [1.807, 2.05) is 37.3 Å². The van der Waals surface area contributed by atoms with Crippen molar-refractivity contribution < 1.29 is 22.7 Å². The highest BCUT2D eigenvalue weighted by atomic mass is 32.2. The fraction of sp³-hybridized carbons (Fsp3) is 0.316. The van der Waals surface area contributed by atoms with Gasteiger partial charge in [-0.05, 0) is 24.6 Å². The Morgan fingerprint density at radius 2 is 1.70 bits per heavy atom. The molecule has 0 fully saturated rings. The predicted molar refractivity (Wildman–Crippen MR) is 105 cm³/mol. The summed E-state index contributed by atoms with van der Waals surface area (Å²) >= 11 is 0. The van der Waals surface area contributed by atoms with Crippen LogP contribution in [0.15, 0.2) is 48.5 Å².